The van der Waals surface area contributed by atoms with Crippen LogP contribution in [0.2, 0.25) is 5.02 Å². The van der Waals surface area contributed by atoms with Crippen LogP contribution in [0.25, 0.3) is 0 Å². The highest BCUT2D eigenvalue weighted by molar-refractivity contribution is 6.33. The SMILES string of the molecule is O=Cc1c(Cl)ccnc1OC(F)(F)F. The van der Waals surface area contributed by atoms with Crippen molar-refractivity contribution in [1.82, 2.24) is 4.98 Å². The second kappa shape index (κ2) is 3.83. The smallest absolute Gasteiger partial charge is 0.387 e. The van der Waals surface area contributed by atoms with Crippen molar-refractivity contribution < 1.29 is 22.7 Å². The molecule has 0 fully saturated rings. The van der Waals surface area contributed by atoms with Crippen LogP contribution in [0.5, 0.6) is 5.88 Å². The molecule has 1 aromatic heterocycles. The molecule has 14 heavy (non-hydrogen) atoms. The first kappa shape index (κ1) is 10.8. The van der Waals surface area contributed by atoms with Gasteiger partial charge in [0, 0.05) is 6.20 Å². The zero-order valence-corrected chi connectivity index (χ0v) is 7.26. The van der Waals surface area contributed by atoms with Gasteiger partial charge in [-0.15, -0.1) is 13.2 Å². The van der Waals surface area contributed by atoms with Crippen molar-refractivity contribution in [3.63, 3.8) is 0 Å². The maximum Gasteiger partial charge on any atom is 0.574 e. The minimum absolute atomic E-state index is 0.144. The van der Waals surface area contributed by atoms with E-state index in [-0.39, 0.29) is 11.3 Å². The Kier molecular flexibility index (Phi) is 2.95. The molecule has 0 saturated carbocycles. The summed E-state index contributed by atoms with van der Waals surface area (Å²) in [6, 6.07) is 1.19. The Morgan fingerprint density at radius 1 is 1.50 bits per heavy atom. The average molecular weight is 226 g/mol. The molecule has 0 N–H and O–H groups in total. The molecule has 0 spiro atoms. The lowest BCUT2D eigenvalue weighted by atomic mass is 10.3. The summed E-state index contributed by atoms with van der Waals surface area (Å²) in [5.41, 5.74) is -0.425. The van der Waals surface area contributed by atoms with Gasteiger partial charge < -0.3 is 4.74 Å². The fraction of sp³-hybridized carbons (Fsp3) is 0.143. The van der Waals surface area contributed by atoms with Gasteiger partial charge >= 0.3 is 6.36 Å². The number of nitrogens with zero attached hydrogens (tertiary/aromatic N) is 1. The van der Waals surface area contributed by atoms with Gasteiger partial charge in [-0.3, -0.25) is 4.79 Å². The van der Waals surface area contributed by atoms with Crippen molar-refractivity contribution in [2.24, 2.45) is 0 Å². The number of halogens is 4. The molecule has 0 bridgehead atoms. The van der Waals surface area contributed by atoms with Crippen molar-refractivity contribution >= 4 is 17.9 Å². The predicted octanol–water partition coefficient (Wildman–Crippen LogP) is 2.45. The van der Waals surface area contributed by atoms with Crippen LogP contribution in [-0.4, -0.2) is 17.6 Å². The fourth-order valence-corrected chi connectivity index (χ4v) is 0.911. The van der Waals surface area contributed by atoms with Crippen molar-refractivity contribution in [3.8, 4) is 5.88 Å². The number of aldehydes is 1. The molecule has 0 aliphatic carbocycles. The maximum absolute atomic E-state index is 11.8. The third-order valence-electron chi connectivity index (χ3n) is 1.23. The van der Waals surface area contributed by atoms with Crippen LogP contribution in [0.4, 0.5) is 13.2 Å². The zero-order valence-electron chi connectivity index (χ0n) is 6.51. The predicted molar refractivity (Wildman–Crippen MR) is 41.3 cm³/mol. The monoisotopic (exact) mass is 225 g/mol. The van der Waals surface area contributed by atoms with Gasteiger partial charge in [-0.2, -0.15) is 0 Å². The second-order valence-electron chi connectivity index (χ2n) is 2.18. The molecule has 0 unspecified atom stereocenters. The molecule has 1 heterocycles. The summed E-state index contributed by atoms with van der Waals surface area (Å²) in [7, 11) is 0. The van der Waals surface area contributed by atoms with Crippen LogP contribution in [-0.2, 0) is 0 Å². The quantitative estimate of drug-likeness (QED) is 0.726. The molecule has 0 aliphatic heterocycles. The fourth-order valence-electron chi connectivity index (χ4n) is 0.730. The number of aromatic nitrogens is 1. The number of carbonyl (C=O) groups is 1. The van der Waals surface area contributed by atoms with Gasteiger partial charge in [0.25, 0.3) is 0 Å². The van der Waals surface area contributed by atoms with Gasteiger partial charge in [-0.05, 0) is 6.07 Å². The number of alkyl halides is 3. The molecule has 1 rings (SSSR count). The summed E-state index contributed by atoms with van der Waals surface area (Å²) in [6.07, 6.45) is -3.73. The molecule has 0 aliphatic rings. The van der Waals surface area contributed by atoms with Gasteiger partial charge in [0.05, 0.1) is 10.6 Å². The summed E-state index contributed by atoms with van der Waals surface area (Å²) in [4.78, 5) is 13.6. The number of carbonyl (C=O) groups excluding carboxylic acids is 1. The van der Waals surface area contributed by atoms with E-state index in [9.17, 15) is 18.0 Å². The lowest BCUT2D eigenvalue weighted by Crippen LogP contribution is -2.19. The van der Waals surface area contributed by atoms with Gasteiger partial charge in [0.2, 0.25) is 5.88 Å². The van der Waals surface area contributed by atoms with E-state index in [0.29, 0.717) is 0 Å². The van der Waals surface area contributed by atoms with Gasteiger partial charge in [-0.1, -0.05) is 11.6 Å². The normalized spacial score (nSPS) is 11.1. The summed E-state index contributed by atoms with van der Waals surface area (Å²) in [5.74, 6) is -0.847. The van der Waals surface area contributed by atoms with E-state index in [1.54, 1.807) is 0 Å². The third kappa shape index (κ3) is 2.59. The Morgan fingerprint density at radius 3 is 2.64 bits per heavy atom. The molecule has 0 amide bonds. The van der Waals surface area contributed by atoms with Crippen LogP contribution >= 0.6 is 11.6 Å². The number of hydrogen-bond donors (Lipinski definition) is 0. The Morgan fingerprint density at radius 2 is 2.14 bits per heavy atom. The van der Waals surface area contributed by atoms with E-state index in [4.69, 9.17) is 11.6 Å². The highest BCUT2D eigenvalue weighted by Crippen LogP contribution is 2.27. The minimum Gasteiger partial charge on any atom is -0.387 e. The molecule has 7 heteroatoms. The first-order valence-corrected chi connectivity index (χ1v) is 3.67. The Bertz CT molecular complexity index is 353. The number of hydrogen-bond acceptors (Lipinski definition) is 3. The molecule has 0 saturated heterocycles. The summed E-state index contributed by atoms with van der Waals surface area (Å²) in [6.45, 7) is 0. The molecule has 0 atom stereocenters. The molecule has 76 valence electrons. The average Bonchev–Trinajstić information content (AvgIpc) is 2.01. The standard InChI is InChI=1S/C7H3ClF3NO2/c8-5-1-2-12-6(4(5)3-13)14-7(9,10)11/h1-3H. The summed E-state index contributed by atoms with van der Waals surface area (Å²) >= 11 is 5.44. The molecule has 0 aromatic carbocycles. The Labute approximate surface area is 81.5 Å². The zero-order chi connectivity index (χ0) is 10.8. The number of pyridine rings is 1. The van der Waals surface area contributed by atoms with Gasteiger partial charge in [-0.25, -0.2) is 4.98 Å². The molecular formula is C7H3ClF3NO2. The minimum atomic E-state index is -4.89. The Hall–Kier alpha value is -1.30. The van der Waals surface area contributed by atoms with Crippen molar-refractivity contribution in [1.29, 1.82) is 0 Å². The first-order chi connectivity index (χ1) is 6.44. The van der Waals surface area contributed by atoms with Crippen LogP contribution in [0.3, 0.4) is 0 Å². The van der Waals surface area contributed by atoms with Crippen LogP contribution < -0.4 is 4.74 Å². The van der Waals surface area contributed by atoms with E-state index in [1.807, 2.05) is 0 Å². The van der Waals surface area contributed by atoms with Crippen LogP contribution in [0.1, 0.15) is 10.4 Å². The summed E-state index contributed by atoms with van der Waals surface area (Å²) in [5, 5.41) is -0.144. The van der Waals surface area contributed by atoms with Crippen molar-refractivity contribution in [2.75, 3.05) is 0 Å². The lowest BCUT2D eigenvalue weighted by molar-refractivity contribution is -0.276. The van der Waals surface area contributed by atoms with E-state index >= 15 is 0 Å². The topological polar surface area (TPSA) is 39.2 Å². The number of ether oxygens (including phenoxy) is 1. The van der Waals surface area contributed by atoms with Crippen molar-refractivity contribution in [2.45, 2.75) is 6.36 Å². The van der Waals surface area contributed by atoms with E-state index < -0.39 is 17.8 Å². The van der Waals surface area contributed by atoms with Gasteiger partial charge in [0.1, 0.15) is 0 Å². The van der Waals surface area contributed by atoms with E-state index in [1.165, 1.54) is 6.07 Å². The van der Waals surface area contributed by atoms with Gasteiger partial charge in [0.15, 0.2) is 6.29 Å². The maximum atomic E-state index is 11.8. The second-order valence-corrected chi connectivity index (χ2v) is 2.58. The van der Waals surface area contributed by atoms with Crippen molar-refractivity contribution in [3.05, 3.63) is 22.8 Å². The molecular weight excluding hydrogens is 223 g/mol. The largest absolute Gasteiger partial charge is 0.574 e. The van der Waals surface area contributed by atoms with Crippen LogP contribution in [0, 0.1) is 0 Å². The summed E-state index contributed by atoms with van der Waals surface area (Å²) < 4.78 is 38.8. The third-order valence-corrected chi connectivity index (χ3v) is 1.56. The highest BCUT2D eigenvalue weighted by Gasteiger charge is 2.33. The van der Waals surface area contributed by atoms with E-state index in [2.05, 4.69) is 9.72 Å². The van der Waals surface area contributed by atoms with E-state index in [0.717, 1.165) is 6.20 Å². The Balaban J connectivity index is 3.08. The molecule has 3 nitrogen and oxygen atoms in total. The lowest BCUT2D eigenvalue weighted by Gasteiger charge is -2.09. The molecule has 0 radical (unpaired) electrons. The highest BCUT2D eigenvalue weighted by atomic mass is 35.5. The first-order valence-electron chi connectivity index (χ1n) is 3.29. The molecule has 1 aromatic rings. The number of rotatable bonds is 2. The van der Waals surface area contributed by atoms with Crippen LogP contribution in [0.15, 0.2) is 12.3 Å².